The fraction of sp³-hybridized carbons (Fsp3) is 0.423. The molecule has 0 bridgehead atoms. The number of hydrogen-bond donors (Lipinski definition) is 0. The lowest BCUT2D eigenvalue weighted by molar-refractivity contribution is -0.132. The molecule has 0 unspecified atom stereocenters. The van der Waals surface area contributed by atoms with E-state index in [0.717, 1.165) is 24.3 Å². The van der Waals surface area contributed by atoms with Crippen molar-refractivity contribution in [2.45, 2.75) is 45.1 Å². The molecular formula is C26H32N4O2. The van der Waals surface area contributed by atoms with Crippen molar-refractivity contribution in [2.24, 2.45) is 0 Å². The normalized spacial score (nSPS) is 13.3. The predicted octanol–water partition coefficient (Wildman–Crippen LogP) is 4.36. The van der Waals surface area contributed by atoms with Crippen molar-refractivity contribution < 1.29 is 9.59 Å². The molecule has 2 aromatic rings. The average Bonchev–Trinajstić information content (AvgIpc) is 2.84. The lowest BCUT2D eigenvalue weighted by atomic mass is 10.1. The molecule has 1 heterocycles. The van der Waals surface area contributed by atoms with Crippen LogP contribution in [0.3, 0.4) is 0 Å². The molecule has 0 atom stereocenters. The Morgan fingerprint density at radius 3 is 2.25 bits per heavy atom. The van der Waals surface area contributed by atoms with Gasteiger partial charge in [0.15, 0.2) is 0 Å². The number of hydrogen-bond acceptors (Lipinski definition) is 4. The average molecular weight is 433 g/mol. The fourth-order valence-corrected chi connectivity index (χ4v) is 4.03. The quantitative estimate of drug-likeness (QED) is 0.590. The number of carbonyl (C=O) groups is 2. The monoisotopic (exact) mass is 432 g/mol. The largest absolute Gasteiger partial charge is 0.372 e. The Morgan fingerprint density at radius 1 is 0.938 bits per heavy atom. The highest BCUT2D eigenvalue weighted by Gasteiger charge is 2.18. The Kier molecular flexibility index (Phi) is 8.68. The molecule has 6 heteroatoms. The minimum absolute atomic E-state index is 0.0632. The summed E-state index contributed by atoms with van der Waals surface area (Å²) in [5, 5.41) is 8.91. The number of amides is 2. The lowest BCUT2D eigenvalue weighted by Crippen LogP contribution is -2.33. The van der Waals surface area contributed by atoms with Crippen molar-refractivity contribution in [3.63, 3.8) is 0 Å². The zero-order valence-electron chi connectivity index (χ0n) is 18.9. The Labute approximate surface area is 191 Å². The van der Waals surface area contributed by atoms with Crippen molar-refractivity contribution in [2.75, 3.05) is 36.5 Å². The van der Waals surface area contributed by atoms with Gasteiger partial charge in [0.1, 0.15) is 0 Å². The lowest BCUT2D eigenvalue weighted by Gasteiger charge is -2.29. The van der Waals surface area contributed by atoms with E-state index in [1.807, 2.05) is 30.3 Å². The van der Waals surface area contributed by atoms with E-state index in [9.17, 15) is 9.59 Å². The van der Waals surface area contributed by atoms with Gasteiger partial charge in [-0.2, -0.15) is 5.26 Å². The van der Waals surface area contributed by atoms with Crippen LogP contribution in [0.2, 0.25) is 0 Å². The van der Waals surface area contributed by atoms with Crippen LogP contribution in [0, 0.1) is 11.3 Å². The van der Waals surface area contributed by atoms with Crippen molar-refractivity contribution >= 4 is 23.2 Å². The topological polar surface area (TPSA) is 67.7 Å². The summed E-state index contributed by atoms with van der Waals surface area (Å²) in [4.78, 5) is 31.1. The highest BCUT2D eigenvalue weighted by molar-refractivity contribution is 5.95. The molecule has 1 saturated heterocycles. The van der Waals surface area contributed by atoms with E-state index in [2.05, 4.69) is 35.2 Å². The summed E-state index contributed by atoms with van der Waals surface area (Å²) in [5.74, 6) is -0.203. The number of nitriles is 1. The molecule has 0 N–H and O–H groups in total. The van der Waals surface area contributed by atoms with E-state index >= 15 is 0 Å². The van der Waals surface area contributed by atoms with Crippen LogP contribution in [0.25, 0.3) is 0 Å². The van der Waals surface area contributed by atoms with Crippen molar-refractivity contribution in [3.05, 3.63) is 60.2 Å². The highest BCUT2D eigenvalue weighted by atomic mass is 16.2. The Bertz CT molecular complexity index is 915. The van der Waals surface area contributed by atoms with Gasteiger partial charge in [-0.05, 0) is 49.1 Å². The SMILES string of the molecule is CN(Cc1ccc(N2CCCCC2)cc1)C(=O)CCC(=O)N(CCC#N)c1ccccc1. The van der Waals surface area contributed by atoms with Crippen LogP contribution in [-0.4, -0.2) is 43.4 Å². The van der Waals surface area contributed by atoms with Gasteiger partial charge in [0.2, 0.25) is 11.8 Å². The van der Waals surface area contributed by atoms with E-state index in [1.165, 1.54) is 24.9 Å². The molecule has 0 radical (unpaired) electrons. The van der Waals surface area contributed by atoms with Gasteiger partial charge in [-0.3, -0.25) is 9.59 Å². The molecule has 3 rings (SSSR count). The minimum atomic E-state index is -0.140. The summed E-state index contributed by atoms with van der Waals surface area (Å²) in [6.45, 7) is 3.07. The standard InChI is InChI=1S/C26H32N4O2/c1-28(21-22-11-13-23(14-12-22)29-18-6-3-7-19-29)25(31)15-16-26(32)30(20-8-17-27)24-9-4-2-5-10-24/h2,4-5,9-14H,3,6-8,15-16,18-21H2,1H3. The van der Waals surface area contributed by atoms with E-state index in [1.54, 1.807) is 16.8 Å². The van der Waals surface area contributed by atoms with Crippen molar-refractivity contribution in [1.82, 2.24) is 4.90 Å². The fourth-order valence-electron chi connectivity index (χ4n) is 4.03. The molecule has 1 aliphatic heterocycles. The number of anilines is 2. The van der Waals surface area contributed by atoms with Gasteiger partial charge in [0.05, 0.1) is 12.5 Å². The number of nitrogens with zero attached hydrogens (tertiary/aromatic N) is 4. The molecule has 0 aromatic heterocycles. The highest BCUT2D eigenvalue weighted by Crippen LogP contribution is 2.21. The minimum Gasteiger partial charge on any atom is -0.372 e. The number of para-hydroxylation sites is 1. The smallest absolute Gasteiger partial charge is 0.227 e. The van der Waals surface area contributed by atoms with E-state index in [4.69, 9.17) is 5.26 Å². The molecule has 2 aromatic carbocycles. The molecule has 32 heavy (non-hydrogen) atoms. The number of carbonyl (C=O) groups excluding carboxylic acids is 2. The van der Waals surface area contributed by atoms with Gasteiger partial charge >= 0.3 is 0 Å². The van der Waals surface area contributed by atoms with Crippen LogP contribution in [0.15, 0.2) is 54.6 Å². The number of piperidine rings is 1. The maximum absolute atomic E-state index is 12.8. The van der Waals surface area contributed by atoms with Crippen LogP contribution in [0.1, 0.15) is 44.1 Å². The third-order valence-electron chi connectivity index (χ3n) is 5.87. The molecule has 1 fully saturated rings. The van der Waals surface area contributed by atoms with E-state index in [0.29, 0.717) is 13.1 Å². The van der Waals surface area contributed by atoms with Gasteiger partial charge in [-0.1, -0.05) is 30.3 Å². The van der Waals surface area contributed by atoms with Crippen molar-refractivity contribution in [1.29, 1.82) is 5.26 Å². The summed E-state index contributed by atoms with van der Waals surface area (Å²) >= 11 is 0. The summed E-state index contributed by atoms with van der Waals surface area (Å²) in [6.07, 6.45) is 4.33. The van der Waals surface area contributed by atoms with Crippen LogP contribution < -0.4 is 9.80 Å². The second-order valence-corrected chi connectivity index (χ2v) is 8.25. The first-order chi connectivity index (χ1) is 15.6. The summed E-state index contributed by atoms with van der Waals surface area (Å²) in [5.41, 5.74) is 3.07. The Balaban J connectivity index is 1.51. The summed E-state index contributed by atoms with van der Waals surface area (Å²) < 4.78 is 0. The van der Waals surface area contributed by atoms with Crippen LogP contribution in [0.5, 0.6) is 0 Å². The summed E-state index contributed by atoms with van der Waals surface area (Å²) in [7, 11) is 1.77. The van der Waals surface area contributed by atoms with E-state index < -0.39 is 0 Å². The molecular weight excluding hydrogens is 400 g/mol. The second-order valence-electron chi connectivity index (χ2n) is 8.25. The summed E-state index contributed by atoms with van der Waals surface area (Å²) in [6, 6.07) is 19.8. The first-order valence-electron chi connectivity index (χ1n) is 11.4. The Hall–Kier alpha value is -3.33. The third-order valence-corrected chi connectivity index (χ3v) is 5.87. The Morgan fingerprint density at radius 2 is 1.59 bits per heavy atom. The van der Waals surface area contributed by atoms with Crippen LogP contribution in [0.4, 0.5) is 11.4 Å². The van der Waals surface area contributed by atoms with Gasteiger partial charge in [0.25, 0.3) is 0 Å². The predicted molar refractivity (Wildman–Crippen MR) is 127 cm³/mol. The van der Waals surface area contributed by atoms with Gasteiger partial charge in [-0.15, -0.1) is 0 Å². The molecule has 168 valence electrons. The molecule has 0 aliphatic carbocycles. The van der Waals surface area contributed by atoms with Gasteiger partial charge < -0.3 is 14.7 Å². The molecule has 0 spiro atoms. The first kappa shape index (κ1) is 23.3. The third kappa shape index (κ3) is 6.58. The van der Waals surface area contributed by atoms with Crippen LogP contribution in [-0.2, 0) is 16.1 Å². The van der Waals surface area contributed by atoms with E-state index in [-0.39, 0.29) is 31.1 Å². The van der Waals surface area contributed by atoms with Gasteiger partial charge in [-0.25, -0.2) is 0 Å². The molecule has 2 amide bonds. The zero-order valence-corrected chi connectivity index (χ0v) is 18.9. The molecule has 1 aliphatic rings. The van der Waals surface area contributed by atoms with Crippen LogP contribution >= 0.6 is 0 Å². The van der Waals surface area contributed by atoms with Gasteiger partial charge in [0, 0.05) is 57.4 Å². The molecule has 6 nitrogen and oxygen atoms in total. The first-order valence-corrected chi connectivity index (χ1v) is 11.4. The zero-order chi connectivity index (χ0) is 22.8. The molecule has 0 saturated carbocycles. The maximum atomic E-state index is 12.8. The number of benzene rings is 2. The number of rotatable bonds is 9. The second kappa shape index (κ2) is 11.9. The van der Waals surface area contributed by atoms with Crippen molar-refractivity contribution in [3.8, 4) is 6.07 Å². The maximum Gasteiger partial charge on any atom is 0.227 e.